The Morgan fingerprint density at radius 1 is 1.44 bits per heavy atom. The van der Waals surface area contributed by atoms with Crippen LogP contribution in [0.4, 0.5) is 0 Å². The maximum Gasteiger partial charge on any atom is 0.322 e. The first-order valence-electron chi connectivity index (χ1n) is 6.46. The summed E-state index contributed by atoms with van der Waals surface area (Å²) in [6.07, 6.45) is 3.30. The van der Waals surface area contributed by atoms with Gasteiger partial charge in [0.05, 0.1) is 6.61 Å². The smallest absolute Gasteiger partial charge is 0.322 e. The van der Waals surface area contributed by atoms with Crippen molar-refractivity contribution < 1.29 is 9.53 Å². The van der Waals surface area contributed by atoms with E-state index >= 15 is 0 Å². The molecule has 0 heterocycles. The van der Waals surface area contributed by atoms with Crippen LogP contribution in [0.3, 0.4) is 0 Å². The van der Waals surface area contributed by atoms with E-state index in [0.717, 1.165) is 31.8 Å². The molecule has 0 spiro atoms. The average Bonchev–Trinajstić information content (AvgIpc) is 2.38. The number of hydrogen-bond donors (Lipinski definition) is 3. The van der Waals surface area contributed by atoms with E-state index in [9.17, 15) is 4.79 Å². The Labute approximate surface area is 109 Å². The molecule has 0 rings (SSSR count). The quantitative estimate of drug-likeness (QED) is 0.251. The van der Waals surface area contributed by atoms with E-state index in [0.29, 0.717) is 13.0 Å². The van der Waals surface area contributed by atoms with Crippen molar-refractivity contribution in [3.05, 3.63) is 0 Å². The largest absolute Gasteiger partial charge is 0.465 e. The minimum Gasteiger partial charge on any atom is -0.465 e. The maximum atomic E-state index is 11.5. The number of nitrogens with one attached hydrogen (secondary N) is 2. The second-order valence-corrected chi connectivity index (χ2v) is 4.02. The molecule has 6 heteroatoms. The molecular formula is C12H26N4O2. The number of carbonyl (C=O) groups excluding carboxylic acids is 1. The van der Waals surface area contributed by atoms with Crippen molar-refractivity contribution in [1.82, 2.24) is 10.6 Å². The fourth-order valence-corrected chi connectivity index (χ4v) is 1.35. The predicted molar refractivity (Wildman–Crippen MR) is 73.5 cm³/mol. The SMILES string of the molecule is CCCCOC(=O)[C@@H](N)CCCNC(=NC)NC. The Balaban J connectivity index is 3.63. The van der Waals surface area contributed by atoms with Gasteiger partial charge in [0.25, 0.3) is 0 Å². The topological polar surface area (TPSA) is 88.7 Å². The van der Waals surface area contributed by atoms with E-state index in [1.165, 1.54) is 0 Å². The van der Waals surface area contributed by atoms with Gasteiger partial charge in [0.2, 0.25) is 0 Å². The molecule has 0 aromatic heterocycles. The third-order valence-corrected chi connectivity index (χ3v) is 2.49. The number of guanidine groups is 1. The molecule has 0 bridgehead atoms. The molecule has 0 unspecified atom stereocenters. The van der Waals surface area contributed by atoms with Crippen LogP contribution in [-0.4, -0.2) is 45.2 Å². The molecule has 0 aliphatic heterocycles. The molecule has 0 aliphatic carbocycles. The number of aliphatic imine (C=N–C) groups is 1. The van der Waals surface area contributed by atoms with Gasteiger partial charge in [0, 0.05) is 20.6 Å². The standard InChI is InChI=1S/C12H26N4O2/c1-4-5-9-18-11(17)10(13)7-6-8-16-12(14-2)15-3/h10H,4-9,13H2,1-3H3,(H2,14,15,16)/t10-/m0/s1. The highest BCUT2D eigenvalue weighted by atomic mass is 16.5. The number of rotatable bonds is 8. The summed E-state index contributed by atoms with van der Waals surface area (Å²) in [5, 5.41) is 6.01. The van der Waals surface area contributed by atoms with Crippen molar-refractivity contribution in [2.24, 2.45) is 10.7 Å². The first kappa shape index (κ1) is 16.7. The second-order valence-electron chi connectivity index (χ2n) is 4.02. The zero-order valence-electron chi connectivity index (χ0n) is 11.7. The Hall–Kier alpha value is -1.30. The molecule has 0 fully saturated rings. The number of esters is 1. The predicted octanol–water partition coefficient (Wildman–Crippen LogP) is 0.232. The van der Waals surface area contributed by atoms with Gasteiger partial charge in [-0.3, -0.25) is 9.79 Å². The van der Waals surface area contributed by atoms with Gasteiger partial charge in [-0.2, -0.15) is 0 Å². The minimum atomic E-state index is -0.528. The summed E-state index contributed by atoms with van der Waals surface area (Å²) in [6, 6.07) is -0.528. The molecule has 1 atom stereocenters. The second kappa shape index (κ2) is 10.8. The highest BCUT2D eigenvalue weighted by Gasteiger charge is 2.13. The van der Waals surface area contributed by atoms with Crippen LogP contribution in [-0.2, 0) is 9.53 Å². The molecule has 0 amide bonds. The van der Waals surface area contributed by atoms with E-state index < -0.39 is 6.04 Å². The van der Waals surface area contributed by atoms with Crippen LogP contribution >= 0.6 is 0 Å². The Bertz CT molecular complexity index is 256. The van der Waals surface area contributed by atoms with Crippen molar-refractivity contribution >= 4 is 11.9 Å². The van der Waals surface area contributed by atoms with E-state index in [4.69, 9.17) is 10.5 Å². The Morgan fingerprint density at radius 3 is 2.72 bits per heavy atom. The lowest BCUT2D eigenvalue weighted by Crippen LogP contribution is -2.37. The van der Waals surface area contributed by atoms with Crippen LogP contribution in [0.1, 0.15) is 32.6 Å². The molecule has 6 nitrogen and oxygen atoms in total. The molecule has 0 radical (unpaired) electrons. The first-order chi connectivity index (χ1) is 8.65. The zero-order valence-corrected chi connectivity index (χ0v) is 11.7. The zero-order chi connectivity index (χ0) is 13.8. The van der Waals surface area contributed by atoms with Gasteiger partial charge < -0.3 is 21.1 Å². The van der Waals surface area contributed by atoms with Crippen LogP contribution < -0.4 is 16.4 Å². The third kappa shape index (κ3) is 7.89. The summed E-state index contributed by atoms with van der Waals surface area (Å²) in [5.41, 5.74) is 5.73. The fraction of sp³-hybridized carbons (Fsp3) is 0.833. The van der Waals surface area contributed by atoms with Gasteiger partial charge in [-0.05, 0) is 19.3 Å². The molecule has 0 aromatic rings. The lowest BCUT2D eigenvalue weighted by molar-refractivity contribution is -0.145. The van der Waals surface area contributed by atoms with Crippen molar-refractivity contribution in [3.63, 3.8) is 0 Å². The van der Waals surface area contributed by atoms with E-state index in [1.54, 1.807) is 14.1 Å². The van der Waals surface area contributed by atoms with Crippen molar-refractivity contribution in [2.75, 3.05) is 27.2 Å². The lowest BCUT2D eigenvalue weighted by atomic mass is 10.2. The number of nitrogens with zero attached hydrogens (tertiary/aromatic N) is 1. The summed E-state index contributed by atoms with van der Waals surface area (Å²) < 4.78 is 5.04. The monoisotopic (exact) mass is 258 g/mol. The molecule has 0 saturated carbocycles. The molecule has 18 heavy (non-hydrogen) atoms. The Kier molecular flexibility index (Phi) is 10.0. The molecule has 0 saturated heterocycles. The first-order valence-corrected chi connectivity index (χ1v) is 6.46. The summed E-state index contributed by atoms with van der Waals surface area (Å²) in [6.45, 7) is 3.24. The van der Waals surface area contributed by atoms with Gasteiger partial charge in [-0.25, -0.2) is 0 Å². The van der Waals surface area contributed by atoms with Gasteiger partial charge >= 0.3 is 5.97 Å². The Morgan fingerprint density at radius 2 is 2.17 bits per heavy atom. The number of unbranched alkanes of at least 4 members (excludes halogenated alkanes) is 1. The average molecular weight is 258 g/mol. The lowest BCUT2D eigenvalue weighted by Gasteiger charge is -2.12. The fourth-order valence-electron chi connectivity index (χ4n) is 1.35. The van der Waals surface area contributed by atoms with E-state index in [-0.39, 0.29) is 5.97 Å². The van der Waals surface area contributed by atoms with Crippen molar-refractivity contribution in [3.8, 4) is 0 Å². The van der Waals surface area contributed by atoms with Gasteiger partial charge in [-0.1, -0.05) is 13.3 Å². The van der Waals surface area contributed by atoms with E-state index in [2.05, 4.69) is 15.6 Å². The van der Waals surface area contributed by atoms with Gasteiger partial charge in [0.15, 0.2) is 5.96 Å². The highest BCUT2D eigenvalue weighted by Crippen LogP contribution is 1.98. The van der Waals surface area contributed by atoms with Gasteiger partial charge in [-0.15, -0.1) is 0 Å². The van der Waals surface area contributed by atoms with Crippen LogP contribution in [0.25, 0.3) is 0 Å². The van der Waals surface area contributed by atoms with Crippen LogP contribution in [0.15, 0.2) is 4.99 Å². The molecule has 4 N–H and O–H groups in total. The van der Waals surface area contributed by atoms with Crippen molar-refractivity contribution in [2.45, 2.75) is 38.6 Å². The maximum absolute atomic E-state index is 11.5. The van der Waals surface area contributed by atoms with Gasteiger partial charge in [0.1, 0.15) is 6.04 Å². The summed E-state index contributed by atoms with van der Waals surface area (Å²) in [7, 11) is 3.50. The summed E-state index contributed by atoms with van der Waals surface area (Å²) in [5.74, 6) is 0.426. The van der Waals surface area contributed by atoms with Crippen LogP contribution in [0.2, 0.25) is 0 Å². The van der Waals surface area contributed by atoms with Crippen LogP contribution in [0.5, 0.6) is 0 Å². The van der Waals surface area contributed by atoms with Crippen molar-refractivity contribution in [1.29, 1.82) is 0 Å². The number of nitrogens with two attached hydrogens (primary N) is 1. The van der Waals surface area contributed by atoms with Crippen LogP contribution in [0, 0.1) is 0 Å². The minimum absolute atomic E-state index is 0.304. The number of ether oxygens (including phenoxy) is 1. The number of carbonyl (C=O) groups is 1. The van der Waals surface area contributed by atoms with E-state index in [1.807, 2.05) is 6.92 Å². The number of hydrogen-bond acceptors (Lipinski definition) is 4. The summed E-state index contributed by atoms with van der Waals surface area (Å²) >= 11 is 0. The summed E-state index contributed by atoms with van der Waals surface area (Å²) in [4.78, 5) is 15.4. The molecule has 106 valence electrons. The molecule has 0 aliphatic rings. The molecule has 0 aromatic carbocycles. The molecular weight excluding hydrogens is 232 g/mol. The third-order valence-electron chi connectivity index (χ3n) is 2.49. The normalized spacial score (nSPS) is 13.0. The highest BCUT2D eigenvalue weighted by molar-refractivity contribution is 5.79.